The summed E-state index contributed by atoms with van der Waals surface area (Å²) in [7, 11) is -2.79. The number of fused-ring (bicyclic) bond motifs is 1. The highest BCUT2D eigenvalue weighted by molar-refractivity contribution is 7.93. The Hall–Kier alpha value is -3.28. The van der Waals surface area contributed by atoms with Crippen molar-refractivity contribution in [2.24, 2.45) is 7.05 Å². The molecule has 0 spiro atoms. The number of nitrogens with one attached hydrogen (secondary N) is 1. The van der Waals surface area contributed by atoms with Gasteiger partial charge < -0.3 is 34.6 Å². The summed E-state index contributed by atoms with van der Waals surface area (Å²) in [6.07, 6.45) is -3.27. The Morgan fingerprint density at radius 3 is 2.36 bits per heavy atom. The van der Waals surface area contributed by atoms with Crippen molar-refractivity contribution in [3.63, 3.8) is 0 Å². The zero-order chi connectivity index (χ0) is 30.6. The Morgan fingerprint density at radius 2 is 1.71 bits per heavy atom. The minimum Gasteiger partial charge on any atom is -0.394 e. The number of sulfonamides is 1. The molecule has 1 aliphatic heterocycles. The minimum absolute atomic E-state index is 0.429. The molecule has 2 aromatic carbocycles. The van der Waals surface area contributed by atoms with Gasteiger partial charge in [-0.2, -0.15) is 9.98 Å². The Balaban J connectivity index is 1.59. The summed E-state index contributed by atoms with van der Waals surface area (Å²) < 4.78 is 34.9. The summed E-state index contributed by atoms with van der Waals surface area (Å²) in [5.74, 6) is 0. The third-order valence-electron chi connectivity index (χ3n) is 7.50. The molecule has 0 radical (unpaired) electrons. The number of rotatable bonds is 11. The number of ether oxygens (including phenoxy) is 1. The van der Waals surface area contributed by atoms with E-state index in [9.17, 15) is 34.1 Å². The molecular formula is C30H38N4O7S. The second-order valence-electron chi connectivity index (χ2n) is 10.4. The van der Waals surface area contributed by atoms with Gasteiger partial charge in [0.15, 0.2) is 11.2 Å². The first-order valence-corrected chi connectivity index (χ1v) is 15.4. The van der Waals surface area contributed by atoms with E-state index in [0.717, 1.165) is 48.0 Å². The van der Waals surface area contributed by atoms with Crippen LogP contribution in [0.15, 0.2) is 53.4 Å². The van der Waals surface area contributed by atoms with E-state index in [1.165, 1.54) is 11.8 Å². The van der Waals surface area contributed by atoms with Crippen LogP contribution in [0.25, 0.3) is 28.1 Å². The van der Waals surface area contributed by atoms with Crippen molar-refractivity contribution < 1.29 is 33.6 Å². The van der Waals surface area contributed by atoms with Gasteiger partial charge in [0.2, 0.25) is 0 Å². The quantitative estimate of drug-likeness (QED) is 0.208. The molecule has 4 rings (SSSR count). The summed E-state index contributed by atoms with van der Waals surface area (Å²) in [5.41, 5.74) is 3.33. The van der Waals surface area contributed by atoms with Crippen molar-refractivity contribution in [1.29, 1.82) is 5.26 Å². The van der Waals surface area contributed by atoms with E-state index in [4.69, 9.17) is 4.74 Å². The molecule has 11 nitrogen and oxygen atoms in total. The number of allylic oxidation sites excluding steroid dienone is 1. The van der Waals surface area contributed by atoms with Gasteiger partial charge in [0.05, 0.1) is 6.61 Å². The van der Waals surface area contributed by atoms with Gasteiger partial charge in [-0.3, -0.25) is 0 Å². The number of hydrogen-bond acceptors (Lipinski definition) is 9. The fourth-order valence-electron chi connectivity index (χ4n) is 5.23. The monoisotopic (exact) mass is 598 g/mol. The number of aromatic nitrogens is 1. The van der Waals surface area contributed by atoms with Gasteiger partial charge in [-0.05, 0) is 65.6 Å². The summed E-state index contributed by atoms with van der Waals surface area (Å²) >= 11 is 0. The fourth-order valence-corrected chi connectivity index (χ4v) is 6.37. The SMILES string of the molecule is CCCN(CCC)c1ccc2cc(-c3ccc(/C=C(\C#N)S(=O)(=O)N[C@H]4C(O)O[C@H](CO)[C@@H](O)[C@@H]4O)n3C)ccc2c1. The number of nitriles is 1. The van der Waals surface area contributed by atoms with Crippen molar-refractivity contribution in [2.75, 3.05) is 24.6 Å². The number of hydrogen-bond donors (Lipinski definition) is 5. The van der Waals surface area contributed by atoms with E-state index in [1.807, 2.05) is 16.9 Å². The molecule has 12 heteroatoms. The maximum Gasteiger partial charge on any atom is 0.251 e. The molecule has 1 aliphatic rings. The second-order valence-corrected chi connectivity index (χ2v) is 12.1. The average molecular weight is 599 g/mol. The molecule has 226 valence electrons. The van der Waals surface area contributed by atoms with E-state index < -0.39 is 52.2 Å². The van der Waals surface area contributed by atoms with Crippen LogP contribution in [0.2, 0.25) is 0 Å². The van der Waals surface area contributed by atoms with E-state index in [1.54, 1.807) is 23.8 Å². The van der Waals surface area contributed by atoms with Crippen LogP contribution in [0.1, 0.15) is 32.4 Å². The minimum atomic E-state index is -4.55. The molecule has 5 atom stereocenters. The molecule has 1 unspecified atom stereocenters. The van der Waals surface area contributed by atoms with Gasteiger partial charge in [0.1, 0.15) is 30.4 Å². The molecule has 0 aliphatic carbocycles. The van der Waals surface area contributed by atoms with Crippen molar-refractivity contribution in [3.05, 3.63) is 59.1 Å². The highest BCUT2D eigenvalue weighted by Crippen LogP contribution is 2.30. The van der Waals surface area contributed by atoms with Crippen LogP contribution in [0, 0.1) is 11.3 Å². The number of aliphatic hydroxyl groups excluding tert-OH is 4. The maximum absolute atomic E-state index is 13.1. The first-order chi connectivity index (χ1) is 20.0. The zero-order valence-electron chi connectivity index (χ0n) is 23.9. The topological polar surface area (TPSA) is 168 Å². The van der Waals surface area contributed by atoms with Crippen LogP contribution in [0.4, 0.5) is 5.69 Å². The largest absolute Gasteiger partial charge is 0.394 e. The van der Waals surface area contributed by atoms with Crippen LogP contribution >= 0.6 is 0 Å². The van der Waals surface area contributed by atoms with Crippen molar-refractivity contribution in [3.8, 4) is 17.3 Å². The lowest BCUT2D eigenvalue weighted by molar-refractivity contribution is -0.251. The van der Waals surface area contributed by atoms with Crippen LogP contribution in [0.5, 0.6) is 0 Å². The molecule has 0 amide bonds. The molecule has 2 heterocycles. The summed E-state index contributed by atoms with van der Waals surface area (Å²) in [6, 6.07) is 16.0. The third-order valence-corrected chi connectivity index (χ3v) is 8.87. The van der Waals surface area contributed by atoms with Gasteiger partial charge in [0.25, 0.3) is 10.0 Å². The Kier molecular flexibility index (Phi) is 10.1. The van der Waals surface area contributed by atoms with Crippen LogP contribution in [-0.4, -0.2) is 83.8 Å². The van der Waals surface area contributed by atoms with Gasteiger partial charge in [0, 0.05) is 37.2 Å². The predicted molar refractivity (Wildman–Crippen MR) is 161 cm³/mol. The smallest absolute Gasteiger partial charge is 0.251 e. The van der Waals surface area contributed by atoms with Crippen LogP contribution in [0.3, 0.4) is 0 Å². The van der Waals surface area contributed by atoms with E-state index in [0.29, 0.717) is 5.69 Å². The number of nitrogens with zero attached hydrogens (tertiary/aromatic N) is 3. The zero-order valence-corrected chi connectivity index (χ0v) is 24.7. The molecule has 5 N–H and O–H groups in total. The van der Waals surface area contributed by atoms with E-state index in [2.05, 4.69) is 49.1 Å². The van der Waals surface area contributed by atoms with Crippen molar-refractivity contribution >= 4 is 32.6 Å². The van der Waals surface area contributed by atoms with Crippen molar-refractivity contribution in [1.82, 2.24) is 9.29 Å². The first kappa shape index (κ1) is 31.7. The lowest BCUT2D eigenvalue weighted by Crippen LogP contribution is -2.64. The highest BCUT2D eigenvalue weighted by atomic mass is 32.2. The molecule has 0 saturated carbocycles. The Morgan fingerprint density at radius 1 is 1.05 bits per heavy atom. The summed E-state index contributed by atoms with van der Waals surface area (Å²) in [5, 5.41) is 51.7. The molecule has 42 heavy (non-hydrogen) atoms. The number of benzene rings is 2. The third kappa shape index (κ3) is 6.53. The normalized spacial score (nSPS) is 23.2. The van der Waals surface area contributed by atoms with Crippen LogP contribution < -0.4 is 9.62 Å². The standard InChI is InChI=1S/C30H38N4O7S/c1-4-12-34(13-5-2)23-9-8-19-14-21(7-6-20(19)15-23)25-11-10-22(33(25)3)16-24(17-31)42(39,40)32-27-29(37)28(36)26(18-35)41-30(27)38/h6-11,14-16,26-30,32,35-38H,4-5,12-13,18H2,1-3H3/b24-16+/t26-,27-,28-,29-,30?/m1/s1. The number of aliphatic hydroxyl groups is 4. The highest BCUT2D eigenvalue weighted by Gasteiger charge is 2.45. The lowest BCUT2D eigenvalue weighted by atomic mass is 9.98. The Labute approximate surface area is 245 Å². The molecule has 1 aromatic heterocycles. The summed E-state index contributed by atoms with van der Waals surface area (Å²) in [4.78, 5) is 1.72. The van der Waals surface area contributed by atoms with Crippen LogP contribution in [-0.2, 0) is 21.8 Å². The van der Waals surface area contributed by atoms with E-state index in [-0.39, 0.29) is 0 Å². The predicted octanol–water partition coefficient (Wildman–Crippen LogP) is 2.06. The first-order valence-electron chi connectivity index (χ1n) is 13.9. The lowest BCUT2D eigenvalue weighted by Gasteiger charge is -2.40. The van der Waals surface area contributed by atoms with Crippen molar-refractivity contribution in [2.45, 2.75) is 57.3 Å². The van der Waals surface area contributed by atoms with Gasteiger partial charge >= 0.3 is 0 Å². The fraction of sp³-hybridized carbons (Fsp3) is 0.433. The molecule has 1 fully saturated rings. The molecule has 1 saturated heterocycles. The second kappa shape index (κ2) is 13.4. The van der Waals surface area contributed by atoms with Gasteiger partial charge in [-0.25, -0.2) is 8.42 Å². The number of anilines is 1. The summed E-state index contributed by atoms with van der Waals surface area (Å²) in [6.45, 7) is 5.64. The Bertz CT molecular complexity index is 1570. The molecule has 3 aromatic rings. The van der Waals surface area contributed by atoms with Gasteiger partial charge in [-0.1, -0.05) is 32.0 Å². The van der Waals surface area contributed by atoms with E-state index >= 15 is 0 Å². The molecular weight excluding hydrogens is 560 g/mol. The maximum atomic E-state index is 13.1. The van der Waals surface area contributed by atoms with Gasteiger partial charge in [-0.15, -0.1) is 0 Å². The molecule has 0 bridgehead atoms. The average Bonchev–Trinajstić information content (AvgIpc) is 3.34.